The Bertz CT molecular complexity index is 467. The average Bonchev–Trinajstić information content (AvgIpc) is 2.94. The summed E-state index contributed by atoms with van der Waals surface area (Å²) in [4.78, 5) is 24.5. The molecule has 7 heteroatoms. The third kappa shape index (κ3) is 3.46. The lowest BCUT2D eigenvalue weighted by Gasteiger charge is -2.29. The largest absolute Gasteiger partial charge is 0.480 e. The minimum atomic E-state index is -3.12. The van der Waals surface area contributed by atoms with E-state index >= 15 is 0 Å². The molecule has 19 heavy (non-hydrogen) atoms. The van der Waals surface area contributed by atoms with Crippen LogP contribution in [0, 0.1) is 5.92 Å². The zero-order valence-corrected chi connectivity index (χ0v) is 11.6. The molecule has 6 nitrogen and oxygen atoms in total. The molecule has 1 aliphatic heterocycles. The summed E-state index contributed by atoms with van der Waals surface area (Å²) in [7, 11) is -3.12. The summed E-state index contributed by atoms with van der Waals surface area (Å²) in [5.74, 6) is -1.44. The Morgan fingerprint density at radius 1 is 1.16 bits per heavy atom. The van der Waals surface area contributed by atoms with Crippen LogP contribution in [0.4, 0.5) is 0 Å². The summed E-state index contributed by atoms with van der Waals surface area (Å²) in [6.07, 6.45) is 3.90. The van der Waals surface area contributed by atoms with Gasteiger partial charge in [-0.15, -0.1) is 0 Å². The lowest BCUT2D eigenvalue weighted by Crippen LogP contribution is -2.46. The molecule has 0 aromatic heterocycles. The van der Waals surface area contributed by atoms with Gasteiger partial charge in [-0.2, -0.15) is 0 Å². The first-order valence-corrected chi connectivity index (χ1v) is 8.44. The van der Waals surface area contributed by atoms with Crippen molar-refractivity contribution in [1.82, 2.24) is 4.90 Å². The van der Waals surface area contributed by atoms with Crippen LogP contribution in [0.15, 0.2) is 0 Å². The number of carbonyl (C=O) groups is 2. The molecule has 1 amide bonds. The molecule has 0 radical (unpaired) electrons. The van der Waals surface area contributed by atoms with Crippen molar-refractivity contribution in [3.05, 3.63) is 0 Å². The zero-order valence-electron chi connectivity index (χ0n) is 10.7. The van der Waals surface area contributed by atoms with E-state index in [1.165, 1.54) is 4.90 Å². The Labute approximate surface area is 112 Å². The number of nitrogens with zero attached hydrogens (tertiary/aromatic N) is 1. The highest BCUT2D eigenvalue weighted by Gasteiger charge is 2.38. The molecule has 1 saturated heterocycles. The van der Waals surface area contributed by atoms with Crippen molar-refractivity contribution in [3.63, 3.8) is 0 Å². The molecule has 1 heterocycles. The molecule has 2 aliphatic rings. The van der Waals surface area contributed by atoms with Crippen LogP contribution in [0.25, 0.3) is 0 Å². The van der Waals surface area contributed by atoms with E-state index in [4.69, 9.17) is 5.11 Å². The standard InChI is InChI=1S/C12H19NO5S/c14-11(15)7-13(10-5-6-19(17,18)8-10)12(16)9-3-1-2-4-9/h9-10H,1-8H2,(H,14,15). The zero-order chi connectivity index (χ0) is 14.0. The molecule has 1 saturated carbocycles. The molecule has 0 spiro atoms. The highest BCUT2D eigenvalue weighted by atomic mass is 32.2. The van der Waals surface area contributed by atoms with Gasteiger partial charge in [-0.05, 0) is 19.3 Å². The maximum atomic E-state index is 12.3. The molecule has 1 aliphatic carbocycles. The normalized spacial score (nSPS) is 26.4. The fraction of sp³-hybridized carbons (Fsp3) is 0.833. The molecule has 1 atom stereocenters. The summed E-state index contributed by atoms with van der Waals surface area (Å²) in [5.41, 5.74) is 0. The van der Waals surface area contributed by atoms with Crippen LogP contribution < -0.4 is 0 Å². The number of sulfone groups is 1. The Morgan fingerprint density at radius 2 is 1.79 bits per heavy atom. The Kier molecular flexibility index (Phi) is 4.13. The third-order valence-electron chi connectivity index (χ3n) is 3.94. The molecule has 0 bridgehead atoms. The number of carbonyl (C=O) groups excluding carboxylic acids is 1. The Hall–Kier alpha value is -1.11. The average molecular weight is 289 g/mol. The number of hydrogen-bond acceptors (Lipinski definition) is 4. The maximum absolute atomic E-state index is 12.3. The number of hydrogen-bond donors (Lipinski definition) is 1. The first kappa shape index (κ1) is 14.3. The fourth-order valence-electron chi connectivity index (χ4n) is 2.96. The Morgan fingerprint density at radius 3 is 2.26 bits per heavy atom. The predicted molar refractivity (Wildman–Crippen MR) is 68.4 cm³/mol. The first-order chi connectivity index (χ1) is 8.89. The van der Waals surface area contributed by atoms with Gasteiger partial charge in [-0.1, -0.05) is 12.8 Å². The topological polar surface area (TPSA) is 91.8 Å². The van der Waals surface area contributed by atoms with Crippen molar-refractivity contribution in [2.24, 2.45) is 5.92 Å². The lowest BCUT2D eigenvalue weighted by atomic mass is 10.0. The van der Waals surface area contributed by atoms with Crippen LogP contribution in [0.5, 0.6) is 0 Å². The molecule has 0 aromatic rings. The van der Waals surface area contributed by atoms with E-state index in [-0.39, 0.29) is 23.3 Å². The second kappa shape index (κ2) is 5.48. The molecular weight excluding hydrogens is 270 g/mol. The minimum absolute atomic E-state index is 0.0474. The predicted octanol–water partition coefficient (Wildman–Crippen LogP) is 0.277. The van der Waals surface area contributed by atoms with Crippen LogP contribution in [0.3, 0.4) is 0 Å². The van der Waals surface area contributed by atoms with Gasteiger partial charge in [0.2, 0.25) is 5.91 Å². The van der Waals surface area contributed by atoms with Crippen molar-refractivity contribution in [2.45, 2.75) is 38.1 Å². The number of carboxylic acid groups (broad SMARTS) is 1. The van der Waals surface area contributed by atoms with Gasteiger partial charge in [0.15, 0.2) is 9.84 Å². The summed E-state index contributed by atoms with van der Waals surface area (Å²) in [6, 6.07) is -0.464. The highest BCUT2D eigenvalue weighted by Crippen LogP contribution is 2.29. The van der Waals surface area contributed by atoms with Gasteiger partial charge in [0, 0.05) is 12.0 Å². The maximum Gasteiger partial charge on any atom is 0.323 e. The molecule has 0 aromatic carbocycles. The van der Waals surface area contributed by atoms with E-state index in [0.717, 1.165) is 25.7 Å². The lowest BCUT2D eigenvalue weighted by molar-refractivity contribution is -0.147. The minimum Gasteiger partial charge on any atom is -0.480 e. The second-order valence-corrected chi connectivity index (χ2v) is 7.63. The summed E-state index contributed by atoms with van der Waals surface area (Å²) < 4.78 is 23.0. The number of carboxylic acids is 1. The van der Waals surface area contributed by atoms with Gasteiger partial charge in [0.25, 0.3) is 0 Å². The van der Waals surface area contributed by atoms with Crippen LogP contribution in [0.2, 0.25) is 0 Å². The SMILES string of the molecule is O=C(O)CN(C(=O)C1CCCC1)C1CCS(=O)(=O)C1. The summed E-state index contributed by atoms with van der Waals surface area (Å²) >= 11 is 0. The van der Waals surface area contributed by atoms with Crippen molar-refractivity contribution in [1.29, 1.82) is 0 Å². The van der Waals surface area contributed by atoms with E-state index in [9.17, 15) is 18.0 Å². The van der Waals surface area contributed by atoms with E-state index in [0.29, 0.717) is 6.42 Å². The molecule has 1 N–H and O–H groups in total. The second-order valence-electron chi connectivity index (χ2n) is 5.40. The summed E-state index contributed by atoms with van der Waals surface area (Å²) in [6.45, 7) is -0.393. The van der Waals surface area contributed by atoms with Gasteiger partial charge >= 0.3 is 5.97 Å². The molecule has 1 unspecified atom stereocenters. The van der Waals surface area contributed by atoms with Crippen molar-refractivity contribution in [2.75, 3.05) is 18.1 Å². The monoisotopic (exact) mass is 289 g/mol. The van der Waals surface area contributed by atoms with E-state index < -0.39 is 28.4 Å². The van der Waals surface area contributed by atoms with E-state index in [1.807, 2.05) is 0 Å². The van der Waals surface area contributed by atoms with Crippen LogP contribution in [-0.2, 0) is 19.4 Å². The van der Waals surface area contributed by atoms with Crippen molar-refractivity contribution >= 4 is 21.7 Å². The first-order valence-electron chi connectivity index (χ1n) is 6.62. The van der Waals surface area contributed by atoms with Crippen molar-refractivity contribution < 1.29 is 23.1 Å². The van der Waals surface area contributed by atoms with Crippen LogP contribution >= 0.6 is 0 Å². The van der Waals surface area contributed by atoms with Crippen LogP contribution in [0.1, 0.15) is 32.1 Å². The Balaban J connectivity index is 2.11. The van der Waals surface area contributed by atoms with Gasteiger partial charge in [-0.3, -0.25) is 9.59 Å². The van der Waals surface area contributed by atoms with Gasteiger partial charge in [0.05, 0.1) is 11.5 Å². The molecular formula is C12H19NO5S. The van der Waals surface area contributed by atoms with Crippen molar-refractivity contribution in [3.8, 4) is 0 Å². The summed E-state index contributed by atoms with van der Waals surface area (Å²) in [5, 5.41) is 8.92. The van der Waals surface area contributed by atoms with Crippen LogP contribution in [-0.4, -0.2) is 54.4 Å². The van der Waals surface area contributed by atoms with Gasteiger partial charge in [-0.25, -0.2) is 8.42 Å². The van der Waals surface area contributed by atoms with Gasteiger partial charge in [0.1, 0.15) is 6.54 Å². The number of aliphatic carboxylic acids is 1. The fourth-order valence-corrected chi connectivity index (χ4v) is 4.69. The number of rotatable bonds is 4. The quantitative estimate of drug-likeness (QED) is 0.802. The van der Waals surface area contributed by atoms with E-state index in [1.54, 1.807) is 0 Å². The van der Waals surface area contributed by atoms with E-state index in [2.05, 4.69) is 0 Å². The van der Waals surface area contributed by atoms with Gasteiger partial charge < -0.3 is 10.0 Å². The number of amides is 1. The third-order valence-corrected chi connectivity index (χ3v) is 5.69. The molecule has 2 fully saturated rings. The molecule has 2 rings (SSSR count). The highest BCUT2D eigenvalue weighted by molar-refractivity contribution is 7.91. The molecule has 108 valence electrons. The smallest absolute Gasteiger partial charge is 0.323 e.